The molecule has 1 aliphatic heterocycles. The lowest BCUT2D eigenvalue weighted by atomic mass is 9.97. The number of fused-ring (bicyclic) bond motifs is 3. The van der Waals surface area contributed by atoms with Gasteiger partial charge in [0.25, 0.3) is 5.56 Å². The first kappa shape index (κ1) is 22.5. The zero-order valence-corrected chi connectivity index (χ0v) is 19.5. The summed E-state index contributed by atoms with van der Waals surface area (Å²) in [7, 11) is 0. The molecule has 2 aromatic heterocycles. The Kier molecular flexibility index (Phi) is 6.94. The number of nitrogens with one attached hydrogen (secondary N) is 1. The number of para-hydroxylation sites is 1. The van der Waals surface area contributed by atoms with E-state index in [0.29, 0.717) is 24.1 Å². The Hall–Kier alpha value is -2.67. The summed E-state index contributed by atoms with van der Waals surface area (Å²) >= 11 is 0. The maximum Gasteiger partial charge on any atom is 0.291 e. The van der Waals surface area contributed by atoms with Crippen molar-refractivity contribution in [1.29, 1.82) is 0 Å². The smallest absolute Gasteiger partial charge is 0.291 e. The van der Waals surface area contributed by atoms with E-state index in [9.17, 15) is 9.59 Å². The van der Waals surface area contributed by atoms with Gasteiger partial charge in [0.05, 0.1) is 6.20 Å². The summed E-state index contributed by atoms with van der Waals surface area (Å²) in [6.45, 7) is 8.98. The molecule has 2 atom stereocenters. The Balaban J connectivity index is 1.43. The van der Waals surface area contributed by atoms with Crippen LogP contribution in [0.5, 0.6) is 0 Å². The normalized spacial score (nSPS) is 19.6. The molecule has 7 nitrogen and oxygen atoms in total. The first-order chi connectivity index (χ1) is 15.5. The molecule has 3 heterocycles. The molecule has 0 saturated carbocycles. The monoisotopic (exact) mass is 437 g/mol. The number of carbonyl (C=O) groups excluding carboxylic acids is 1. The summed E-state index contributed by atoms with van der Waals surface area (Å²) in [5, 5.41) is 9.16. The summed E-state index contributed by atoms with van der Waals surface area (Å²) in [4.78, 5) is 28.3. The van der Waals surface area contributed by atoms with Crippen LogP contribution < -0.4 is 10.9 Å². The predicted octanol–water partition coefficient (Wildman–Crippen LogP) is 3.53. The minimum absolute atomic E-state index is 0.0566. The predicted molar refractivity (Wildman–Crippen MR) is 129 cm³/mol. The van der Waals surface area contributed by atoms with Crippen LogP contribution in [0.3, 0.4) is 0 Å². The first-order valence-corrected chi connectivity index (χ1v) is 12.0. The van der Waals surface area contributed by atoms with Crippen LogP contribution in [0, 0.1) is 0 Å². The number of rotatable bonds is 8. The largest absolute Gasteiger partial charge is 0.354 e. The minimum atomic E-state index is -0.210. The molecule has 1 aliphatic rings. The SMILES string of the molecule is CCCn1c2ccccc2c2cnn(CC(=O)NCCCN3[C@H](C)CCC[C@@H]3C)c(=O)c21. The number of aryl methyl sites for hydroxylation is 1. The van der Waals surface area contributed by atoms with Crippen LogP contribution >= 0.6 is 0 Å². The molecule has 1 fully saturated rings. The minimum Gasteiger partial charge on any atom is -0.354 e. The lowest BCUT2D eigenvalue weighted by Gasteiger charge is -2.39. The summed E-state index contributed by atoms with van der Waals surface area (Å²) in [5.74, 6) is -0.170. The maximum atomic E-state index is 13.2. The Morgan fingerprint density at radius 2 is 1.88 bits per heavy atom. The highest BCUT2D eigenvalue weighted by molar-refractivity contribution is 6.07. The molecule has 4 rings (SSSR count). The van der Waals surface area contributed by atoms with Crippen molar-refractivity contribution in [2.45, 2.75) is 78.0 Å². The van der Waals surface area contributed by atoms with Gasteiger partial charge in [-0.1, -0.05) is 31.5 Å². The first-order valence-electron chi connectivity index (χ1n) is 12.0. The van der Waals surface area contributed by atoms with Gasteiger partial charge in [0.15, 0.2) is 0 Å². The van der Waals surface area contributed by atoms with Crippen molar-refractivity contribution in [2.75, 3.05) is 13.1 Å². The molecule has 0 radical (unpaired) electrons. The van der Waals surface area contributed by atoms with Crippen molar-refractivity contribution >= 4 is 27.7 Å². The van der Waals surface area contributed by atoms with Crippen molar-refractivity contribution in [3.63, 3.8) is 0 Å². The number of likely N-dealkylation sites (tertiary alicyclic amines) is 1. The fourth-order valence-corrected chi connectivity index (χ4v) is 5.16. The molecule has 172 valence electrons. The van der Waals surface area contributed by atoms with Crippen molar-refractivity contribution in [3.8, 4) is 0 Å². The lowest BCUT2D eigenvalue weighted by molar-refractivity contribution is -0.121. The standard InChI is InChI=1S/C25H35N5O2/c1-4-14-29-22-12-6-5-11-20(22)21-16-27-30(25(32)24(21)29)17-23(31)26-13-8-15-28-18(2)9-7-10-19(28)3/h5-6,11-12,16,18-19H,4,7-10,13-15,17H2,1-3H3,(H,26,31)/t18-,19+. The summed E-state index contributed by atoms with van der Waals surface area (Å²) in [5.41, 5.74) is 1.45. The van der Waals surface area contributed by atoms with Crippen LogP contribution in [0.1, 0.15) is 52.9 Å². The molecule has 7 heteroatoms. The summed E-state index contributed by atoms with van der Waals surface area (Å²) in [6, 6.07) is 9.23. The Morgan fingerprint density at radius 3 is 2.62 bits per heavy atom. The molecule has 0 aliphatic carbocycles. The Labute approximate surface area is 189 Å². The van der Waals surface area contributed by atoms with Gasteiger partial charge in [-0.15, -0.1) is 0 Å². The van der Waals surface area contributed by atoms with Crippen LogP contribution in [0.25, 0.3) is 21.8 Å². The van der Waals surface area contributed by atoms with Crippen LogP contribution in [-0.2, 0) is 17.9 Å². The van der Waals surface area contributed by atoms with E-state index >= 15 is 0 Å². The van der Waals surface area contributed by atoms with Crippen LogP contribution in [0.2, 0.25) is 0 Å². The van der Waals surface area contributed by atoms with E-state index < -0.39 is 0 Å². The van der Waals surface area contributed by atoms with E-state index in [-0.39, 0.29) is 18.0 Å². The third-order valence-corrected chi connectivity index (χ3v) is 6.81. The summed E-state index contributed by atoms with van der Waals surface area (Å²) < 4.78 is 3.35. The van der Waals surface area contributed by atoms with E-state index in [2.05, 4.69) is 40.7 Å². The number of carbonyl (C=O) groups is 1. The zero-order chi connectivity index (χ0) is 22.7. The van der Waals surface area contributed by atoms with Crippen LogP contribution in [0.15, 0.2) is 35.3 Å². The topological polar surface area (TPSA) is 72.2 Å². The number of nitrogens with zero attached hydrogens (tertiary/aromatic N) is 4. The number of amides is 1. The van der Waals surface area contributed by atoms with Gasteiger partial charge in [-0.3, -0.25) is 14.5 Å². The maximum absolute atomic E-state index is 13.2. The van der Waals surface area contributed by atoms with E-state index in [0.717, 1.165) is 42.2 Å². The molecular weight excluding hydrogens is 402 g/mol. The van der Waals surface area contributed by atoms with Gasteiger partial charge in [-0.25, -0.2) is 4.68 Å². The number of piperidine rings is 1. The van der Waals surface area contributed by atoms with Crippen molar-refractivity contribution < 1.29 is 4.79 Å². The van der Waals surface area contributed by atoms with Gasteiger partial charge >= 0.3 is 0 Å². The molecule has 0 spiro atoms. The van der Waals surface area contributed by atoms with Crippen molar-refractivity contribution in [3.05, 3.63) is 40.8 Å². The second kappa shape index (κ2) is 9.86. The van der Waals surface area contributed by atoms with Crippen molar-refractivity contribution in [1.82, 2.24) is 24.6 Å². The molecule has 0 bridgehead atoms. The molecular formula is C25H35N5O2. The summed E-state index contributed by atoms with van der Waals surface area (Å²) in [6.07, 6.45) is 7.36. The number of hydrogen-bond acceptors (Lipinski definition) is 4. The third-order valence-electron chi connectivity index (χ3n) is 6.81. The molecule has 32 heavy (non-hydrogen) atoms. The van der Waals surface area contributed by atoms with Gasteiger partial charge < -0.3 is 9.88 Å². The average Bonchev–Trinajstić information content (AvgIpc) is 3.09. The van der Waals surface area contributed by atoms with Gasteiger partial charge in [0.1, 0.15) is 12.1 Å². The molecule has 1 saturated heterocycles. The fourth-order valence-electron chi connectivity index (χ4n) is 5.16. The molecule has 0 unspecified atom stereocenters. The van der Waals surface area contributed by atoms with Gasteiger partial charge in [-0.2, -0.15) is 5.10 Å². The van der Waals surface area contributed by atoms with E-state index in [1.165, 1.54) is 23.9 Å². The number of aromatic nitrogens is 3. The Morgan fingerprint density at radius 1 is 1.12 bits per heavy atom. The third kappa shape index (κ3) is 4.44. The van der Waals surface area contributed by atoms with E-state index in [1.54, 1.807) is 6.20 Å². The second-order valence-electron chi connectivity index (χ2n) is 9.11. The van der Waals surface area contributed by atoms with Crippen LogP contribution in [0.4, 0.5) is 0 Å². The second-order valence-corrected chi connectivity index (χ2v) is 9.11. The highest BCUT2D eigenvalue weighted by atomic mass is 16.2. The lowest BCUT2D eigenvalue weighted by Crippen LogP contribution is -2.45. The van der Waals surface area contributed by atoms with Crippen LogP contribution in [-0.4, -0.2) is 50.3 Å². The Bertz CT molecular complexity index is 1140. The quantitative estimate of drug-likeness (QED) is 0.547. The van der Waals surface area contributed by atoms with Gasteiger partial charge in [0.2, 0.25) is 5.91 Å². The molecule has 1 aromatic carbocycles. The zero-order valence-electron chi connectivity index (χ0n) is 19.5. The molecule has 3 aromatic rings. The highest BCUT2D eigenvalue weighted by Gasteiger charge is 2.23. The molecule has 1 amide bonds. The number of hydrogen-bond donors (Lipinski definition) is 1. The van der Waals surface area contributed by atoms with E-state index in [1.807, 2.05) is 24.3 Å². The van der Waals surface area contributed by atoms with Gasteiger partial charge in [0, 0.05) is 48.0 Å². The highest BCUT2D eigenvalue weighted by Crippen LogP contribution is 2.26. The average molecular weight is 438 g/mol. The molecule has 1 N–H and O–H groups in total. The number of benzene rings is 1. The van der Waals surface area contributed by atoms with Crippen molar-refractivity contribution in [2.24, 2.45) is 0 Å². The van der Waals surface area contributed by atoms with E-state index in [4.69, 9.17) is 0 Å². The van der Waals surface area contributed by atoms with Gasteiger partial charge in [-0.05, 0) is 45.6 Å². The fraction of sp³-hybridized carbons (Fsp3) is 0.560.